The van der Waals surface area contributed by atoms with Crippen LogP contribution in [0.2, 0.25) is 0 Å². The Morgan fingerprint density at radius 1 is 1.21 bits per heavy atom. The van der Waals surface area contributed by atoms with Crippen LogP contribution in [0.1, 0.15) is 32.8 Å². The topological polar surface area (TPSA) is 29.5 Å². The molecule has 1 fully saturated rings. The molecule has 0 aromatic heterocycles. The first-order chi connectivity index (χ1) is 9.02. The Kier molecular flexibility index (Phi) is 4.59. The molecule has 0 saturated carbocycles. The van der Waals surface area contributed by atoms with Crippen LogP contribution in [0.5, 0.6) is 5.75 Å². The number of hydrogen-bond donors (Lipinski definition) is 0. The van der Waals surface area contributed by atoms with Gasteiger partial charge >= 0.3 is 5.97 Å². The molecule has 0 spiro atoms. The van der Waals surface area contributed by atoms with Crippen LogP contribution in [0.4, 0.5) is 0 Å². The molecule has 0 N–H and O–H groups in total. The quantitative estimate of drug-likeness (QED) is 0.618. The summed E-state index contributed by atoms with van der Waals surface area (Å²) in [5.74, 6) is 1.91. The maximum atomic E-state index is 10.9. The highest BCUT2D eigenvalue weighted by molar-refractivity contribution is 5.69. The second-order valence-electron chi connectivity index (χ2n) is 5.88. The molecule has 0 amide bonds. The highest BCUT2D eigenvalue weighted by atomic mass is 16.5. The van der Waals surface area contributed by atoms with Crippen LogP contribution in [-0.4, -0.2) is 24.0 Å². The molecule has 1 saturated heterocycles. The number of benzene rings is 1. The zero-order valence-electron chi connectivity index (χ0n) is 12.1. The largest absolute Gasteiger partial charge is 0.427 e. The lowest BCUT2D eigenvalue weighted by Gasteiger charge is -2.35. The van der Waals surface area contributed by atoms with Crippen LogP contribution in [0.15, 0.2) is 24.3 Å². The van der Waals surface area contributed by atoms with Crippen molar-refractivity contribution in [2.24, 2.45) is 11.8 Å². The minimum atomic E-state index is -0.272. The van der Waals surface area contributed by atoms with Gasteiger partial charge in [0.15, 0.2) is 0 Å². The Labute approximate surface area is 115 Å². The molecule has 1 aliphatic rings. The van der Waals surface area contributed by atoms with Gasteiger partial charge in [0.1, 0.15) is 5.75 Å². The van der Waals surface area contributed by atoms with Gasteiger partial charge in [-0.1, -0.05) is 26.0 Å². The summed E-state index contributed by atoms with van der Waals surface area (Å²) in [6, 6.07) is 7.82. The van der Waals surface area contributed by atoms with Crippen molar-refractivity contribution < 1.29 is 9.53 Å². The van der Waals surface area contributed by atoms with Crippen LogP contribution < -0.4 is 4.74 Å². The van der Waals surface area contributed by atoms with E-state index in [0.29, 0.717) is 5.75 Å². The van der Waals surface area contributed by atoms with Crippen LogP contribution in [0.25, 0.3) is 0 Å². The van der Waals surface area contributed by atoms with E-state index in [2.05, 4.69) is 18.7 Å². The van der Waals surface area contributed by atoms with Crippen molar-refractivity contribution >= 4 is 5.97 Å². The van der Waals surface area contributed by atoms with Gasteiger partial charge in [0.2, 0.25) is 0 Å². The van der Waals surface area contributed by atoms with E-state index in [1.165, 1.54) is 32.0 Å². The van der Waals surface area contributed by atoms with E-state index in [9.17, 15) is 4.79 Å². The maximum absolute atomic E-state index is 10.9. The number of nitrogens with zero attached hydrogens (tertiary/aromatic N) is 1. The summed E-state index contributed by atoms with van der Waals surface area (Å²) in [4.78, 5) is 13.4. The van der Waals surface area contributed by atoms with Crippen LogP contribution in [-0.2, 0) is 11.3 Å². The van der Waals surface area contributed by atoms with Crippen molar-refractivity contribution in [3.05, 3.63) is 29.8 Å². The number of esters is 1. The average molecular weight is 261 g/mol. The second kappa shape index (κ2) is 6.20. The summed E-state index contributed by atoms with van der Waals surface area (Å²) in [6.07, 6.45) is 1.34. The lowest BCUT2D eigenvalue weighted by Crippen LogP contribution is -2.38. The summed E-state index contributed by atoms with van der Waals surface area (Å²) >= 11 is 0. The number of piperidine rings is 1. The molecular weight excluding hydrogens is 238 g/mol. The lowest BCUT2D eigenvalue weighted by molar-refractivity contribution is -0.131. The summed E-state index contributed by atoms with van der Waals surface area (Å²) in [5, 5.41) is 0. The van der Waals surface area contributed by atoms with E-state index in [-0.39, 0.29) is 5.97 Å². The lowest BCUT2D eigenvalue weighted by atomic mass is 9.91. The van der Waals surface area contributed by atoms with E-state index < -0.39 is 0 Å². The standard InChI is InChI=1S/C16H23NO2/c1-12-8-13(2)10-17(9-12)11-15-4-6-16(7-5-15)19-14(3)18/h4-7,12-13H,8-11H2,1-3H3. The predicted octanol–water partition coefficient (Wildman–Crippen LogP) is 3.09. The third-order valence-electron chi connectivity index (χ3n) is 3.54. The molecule has 2 atom stereocenters. The molecule has 104 valence electrons. The maximum Gasteiger partial charge on any atom is 0.308 e. The van der Waals surface area contributed by atoms with E-state index in [0.717, 1.165) is 18.4 Å². The Balaban J connectivity index is 1.93. The Bertz CT molecular complexity index is 417. The summed E-state index contributed by atoms with van der Waals surface area (Å²) in [6.45, 7) is 9.41. The van der Waals surface area contributed by atoms with Crippen molar-refractivity contribution in [1.82, 2.24) is 4.90 Å². The van der Waals surface area contributed by atoms with Crippen molar-refractivity contribution in [3.63, 3.8) is 0 Å². The van der Waals surface area contributed by atoms with Gasteiger partial charge in [-0.25, -0.2) is 0 Å². The van der Waals surface area contributed by atoms with Gasteiger partial charge < -0.3 is 4.74 Å². The van der Waals surface area contributed by atoms with Gasteiger partial charge in [-0.3, -0.25) is 9.69 Å². The molecule has 3 nitrogen and oxygen atoms in total. The molecular formula is C16H23NO2. The molecule has 19 heavy (non-hydrogen) atoms. The van der Waals surface area contributed by atoms with E-state index in [1.54, 1.807) is 0 Å². The van der Waals surface area contributed by atoms with Gasteiger partial charge in [-0.2, -0.15) is 0 Å². The molecule has 2 rings (SSSR count). The third-order valence-corrected chi connectivity index (χ3v) is 3.54. The Morgan fingerprint density at radius 2 is 1.79 bits per heavy atom. The first kappa shape index (κ1) is 14.1. The van der Waals surface area contributed by atoms with E-state index in [1.807, 2.05) is 24.3 Å². The molecule has 1 heterocycles. The highest BCUT2D eigenvalue weighted by Crippen LogP contribution is 2.23. The Hall–Kier alpha value is -1.35. The van der Waals surface area contributed by atoms with Crippen molar-refractivity contribution in [3.8, 4) is 5.75 Å². The van der Waals surface area contributed by atoms with Gasteiger partial charge in [-0.05, 0) is 36.0 Å². The zero-order valence-corrected chi connectivity index (χ0v) is 12.1. The van der Waals surface area contributed by atoms with Crippen molar-refractivity contribution in [2.75, 3.05) is 13.1 Å². The third kappa shape index (κ3) is 4.35. The second-order valence-corrected chi connectivity index (χ2v) is 5.88. The van der Waals surface area contributed by atoms with Gasteiger partial charge in [-0.15, -0.1) is 0 Å². The van der Waals surface area contributed by atoms with Crippen LogP contribution in [0, 0.1) is 11.8 Å². The molecule has 1 aliphatic heterocycles. The summed E-state index contributed by atoms with van der Waals surface area (Å²) in [7, 11) is 0. The monoisotopic (exact) mass is 261 g/mol. The number of likely N-dealkylation sites (tertiary alicyclic amines) is 1. The number of ether oxygens (including phenoxy) is 1. The first-order valence-electron chi connectivity index (χ1n) is 7.02. The average Bonchev–Trinajstić information content (AvgIpc) is 2.29. The van der Waals surface area contributed by atoms with Crippen molar-refractivity contribution in [1.29, 1.82) is 0 Å². The number of carbonyl (C=O) groups is 1. The highest BCUT2D eigenvalue weighted by Gasteiger charge is 2.21. The fraction of sp³-hybridized carbons (Fsp3) is 0.562. The minimum Gasteiger partial charge on any atom is -0.427 e. The zero-order chi connectivity index (χ0) is 13.8. The molecule has 1 aromatic carbocycles. The van der Waals surface area contributed by atoms with Gasteiger partial charge in [0.25, 0.3) is 0 Å². The smallest absolute Gasteiger partial charge is 0.308 e. The fourth-order valence-electron chi connectivity index (χ4n) is 3.01. The Morgan fingerprint density at radius 3 is 2.32 bits per heavy atom. The molecule has 2 unspecified atom stereocenters. The number of carbonyl (C=O) groups excluding carboxylic acids is 1. The van der Waals surface area contributed by atoms with Gasteiger partial charge in [0.05, 0.1) is 0 Å². The molecule has 0 aliphatic carbocycles. The van der Waals surface area contributed by atoms with Gasteiger partial charge in [0, 0.05) is 26.6 Å². The SMILES string of the molecule is CC(=O)Oc1ccc(CN2CC(C)CC(C)C2)cc1. The van der Waals surface area contributed by atoms with E-state index >= 15 is 0 Å². The first-order valence-corrected chi connectivity index (χ1v) is 7.02. The number of hydrogen-bond acceptors (Lipinski definition) is 3. The number of rotatable bonds is 3. The minimum absolute atomic E-state index is 0.272. The molecule has 0 bridgehead atoms. The van der Waals surface area contributed by atoms with E-state index in [4.69, 9.17) is 4.74 Å². The molecule has 1 aromatic rings. The summed E-state index contributed by atoms with van der Waals surface area (Å²) in [5.41, 5.74) is 1.28. The summed E-state index contributed by atoms with van der Waals surface area (Å²) < 4.78 is 5.04. The van der Waals surface area contributed by atoms with Crippen molar-refractivity contribution in [2.45, 2.75) is 33.7 Å². The fourth-order valence-corrected chi connectivity index (χ4v) is 3.01. The van der Waals surface area contributed by atoms with Crippen LogP contribution in [0.3, 0.4) is 0 Å². The molecule has 0 radical (unpaired) electrons. The molecule has 3 heteroatoms. The predicted molar refractivity (Wildman–Crippen MR) is 76.0 cm³/mol. The normalized spacial score (nSPS) is 24.2. The van der Waals surface area contributed by atoms with Crippen LogP contribution >= 0.6 is 0 Å².